The average Bonchev–Trinajstić information content (AvgIpc) is 2.87. The Hall–Kier alpha value is -3.53. The smallest absolute Gasteiger partial charge is 0.281 e. The summed E-state index contributed by atoms with van der Waals surface area (Å²) in [6.45, 7) is 12.0. The highest BCUT2D eigenvalue weighted by Crippen LogP contribution is 2.29. The second-order valence-electron chi connectivity index (χ2n) is 10.1. The molecule has 1 amide bonds. The number of rotatable bonds is 12. The molecule has 1 N–H and O–H groups in total. The predicted octanol–water partition coefficient (Wildman–Crippen LogP) is 6.44. The first-order valence-electron chi connectivity index (χ1n) is 13.0. The first kappa shape index (κ1) is 30.0. The number of halogens is 1. The Morgan fingerprint density at radius 2 is 1.82 bits per heavy atom. The normalized spacial score (nSPS) is 13.1. The zero-order valence-electron chi connectivity index (χ0n) is 23.2. The average molecular weight is 562 g/mol. The lowest BCUT2D eigenvalue weighted by Gasteiger charge is -2.22. The number of carbonyl (C=O) groups is 1. The molecule has 0 aliphatic carbocycles. The van der Waals surface area contributed by atoms with Gasteiger partial charge in [0.1, 0.15) is 23.2 Å². The van der Waals surface area contributed by atoms with Crippen molar-refractivity contribution >= 4 is 15.9 Å². The molecule has 2 heterocycles. The van der Waals surface area contributed by atoms with E-state index in [4.69, 9.17) is 9.47 Å². The molecule has 214 valence electrons. The second-order valence-corrected chi connectivity index (χ2v) is 11.7. The molecule has 0 aliphatic rings. The Morgan fingerprint density at radius 1 is 1.08 bits per heavy atom. The molecule has 0 aliphatic heterocycles. The van der Waals surface area contributed by atoms with Crippen molar-refractivity contribution in [3.05, 3.63) is 65.6 Å². The summed E-state index contributed by atoms with van der Waals surface area (Å²) < 4.78 is 54.0. The SMILES string of the molecule is CCCC(C)C(C)Oc1nc(-c2cc(F)cc(OCC(C)C)c2)ccc1C(=O)NS(=O)(=O)c1cccc(C)n1.[HH].[HH]. The molecular weight excluding hydrogens is 521 g/mol. The van der Waals surface area contributed by atoms with Crippen LogP contribution in [0.25, 0.3) is 11.3 Å². The first-order valence-corrected chi connectivity index (χ1v) is 14.5. The highest BCUT2D eigenvalue weighted by Gasteiger charge is 2.25. The maximum atomic E-state index is 14.4. The van der Waals surface area contributed by atoms with Crippen molar-refractivity contribution in [2.75, 3.05) is 6.61 Å². The van der Waals surface area contributed by atoms with Gasteiger partial charge in [0.15, 0.2) is 5.03 Å². The van der Waals surface area contributed by atoms with Gasteiger partial charge in [-0.15, -0.1) is 0 Å². The molecule has 2 atom stereocenters. The molecule has 39 heavy (non-hydrogen) atoms. The van der Waals surface area contributed by atoms with Crippen LogP contribution in [0.2, 0.25) is 0 Å². The Kier molecular flexibility index (Phi) is 10.0. The number of amides is 1. The predicted molar refractivity (Wildman–Crippen MR) is 152 cm³/mol. The molecule has 10 heteroatoms. The van der Waals surface area contributed by atoms with Crippen molar-refractivity contribution in [3.8, 4) is 22.9 Å². The fourth-order valence-electron chi connectivity index (χ4n) is 3.80. The van der Waals surface area contributed by atoms with Crippen molar-refractivity contribution in [2.45, 2.75) is 65.5 Å². The van der Waals surface area contributed by atoms with Crippen molar-refractivity contribution in [1.82, 2.24) is 14.7 Å². The van der Waals surface area contributed by atoms with Gasteiger partial charge in [0, 0.05) is 20.2 Å². The van der Waals surface area contributed by atoms with Crippen LogP contribution in [0.3, 0.4) is 0 Å². The third-order valence-electron chi connectivity index (χ3n) is 6.06. The number of pyridine rings is 2. The van der Waals surface area contributed by atoms with Crippen LogP contribution in [-0.4, -0.2) is 37.0 Å². The molecule has 0 saturated carbocycles. The lowest BCUT2D eigenvalue weighted by Crippen LogP contribution is -2.32. The molecule has 1 aromatic carbocycles. The van der Waals surface area contributed by atoms with Crippen molar-refractivity contribution in [1.29, 1.82) is 0 Å². The maximum absolute atomic E-state index is 14.4. The molecule has 0 saturated heterocycles. The molecule has 0 bridgehead atoms. The zero-order valence-corrected chi connectivity index (χ0v) is 24.0. The molecule has 0 fully saturated rings. The summed E-state index contributed by atoms with van der Waals surface area (Å²) in [6.07, 6.45) is 1.50. The van der Waals surface area contributed by atoms with Crippen LogP contribution in [0.4, 0.5) is 4.39 Å². The number of nitrogens with one attached hydrogen (secondary N) is 1. The Labute approximate surface area is 233 Å². The fraction of sp³-hybridized carbons (Fsp3) is 0.414. The minimum absolute atomic E-state index is 0. The molecular formula is C29H40FN3O5S. The second kappa shape index (κ2) is 13.0. The van der Waals surface area contributed by atoms with Gasteiger partial charge in [0.05, 0.1) is 12.3 Å². The number of sulfonamides is 1. The molecule has 0 radical (unpaired) electrons. The van der Waals surface area contributed by atoms with Gasteiger partial charge in [0.2, 0.25) is 5.88 Å². The van der Waals surface area contributed by atoms with Crippen LogP contribution in [-0.2, 0) is 10.0 Å². The van der Waals surface area contributed by atoms with Crippen LogP contribution in [0, 0.1) is 24.6 Å². The number of ether oxygens (including phenoxy) is 2. The Morgan fingerprint density at radius 3 is 2.49 bits per heavy atom. The summed E-state index contributed by atoms with van der Waals surface area (Å²) in [5, 5.41) is -0.276. The van der Waals surface area contributed by atoms with E-state index in [0.29, 0.717) is 29.3 Å². The molecule has 8 nitrogen and oxygen atoms in total. The van der Waals surface area contributed by atoms with Gasteiger partial charge in [-0.05, 0) is 68.5 Å². The van der Waals surface area contributed by atoms with Crippen LogP contribution < -0.4 is 14.2 Å². The van der Waals surface area contributed by atoms with E-state index in [1.807, 2.05) is 27.7 Å². The number of hydrogen-bond donors (Lipinski definition) is 1. The molecule has 2 unspecified atom stereocenters. The summed E-state index contributed by atoms with van der Waals surface area (Å²) in [6, 6.07) is 11.7. The topological polar surface area (TPSA) is 107 Å². The van der Waals surface area contributed by atoms with Gasteiger partial charge >= 0.3 is 0 Å². The largest absolute Gasteiger partial charge is 0.493 e. The molecule has 3 rings (SSSR count). The van der Waals surface area contributed by atoms with Gasteiger partial charge in [-0.3, -0.25) is 4.79 Å². The summed E-state index contributed by atoms with van der Waals surface area (Å²) in [5.41, 5.74) is 1.19. The minimum Gasteiger partial charge on any atom is -0.493 e. The van der Waals surface area contributed by atoms with Crippen LogP contribution in [0.1, 0.15) is 66.4 Å². The summed E-state index contributed by atoms with van der Waals surface area (Å²) in [4.78, 5) is 21.7. The number of aryl methyl sites for hydroxylation is 1. The van der Waals surface area contributed by atoms with Crippen LogP contribution in [0.5, 0.6) is 11.6 Å². The first-order chi connectivity index (χ1) is 18.4. The van der Waals surface area contributed by atoms with Crippen molar-refractivity contribution in [2.24, 2.45) is 11.8 Å². The molecule has 3 aromatic rings. The highest BCUT2D eigenvalue weighted by atomic mass is 32.2. The standard InChI is InChI=1S/C29H36FN3O5S.2H2/c1-7-9-19(4)21(6)38-29-25(28(34)33-39(35,36)27-11-8-10-20(5)31-27)12-13-26(32-29)22-14-23(30)16-24(15-22)37-17-18(2)3;;/h8,10-16,18-19,21H,7,9,17H2,1-6H3,(H,33,34);2*1H. The van der Waals surface area contributed by atoms with Gasteiger partial charge in [0.25, 0.3) is 15.9 Å². The van der Waals surface area contributed by atoms with Gasteiger partial charge in [-0.25, -0.2) is 19.1 Å². The number of hydrogen-bond acceptors (Lipinski definition) is 7. The Bertz CT molecular complexity index is 1420. The maximum Gasteiger partial charge on any atom is 0.281 e. The van der Waals surface area contributed by atoms with Gasteiger partial charge in [-0.2, -0.15) is 8.42 Å². The van der Waals surface area contributed by atoms with E-state index in [1.54, 1.807) is 25.1 Å². The van der Waals surface area contributed by atoms with E-state index in [2.05, 4.69) is 21.6 Å². The number of nitrogens with zero attached hydrogens (tertiary/aromatic N) is 2. The fourth-order valence-corrected chi connectivity index (χ4v) is 4.78. The lowest BCUT2D eigenvalue weighted by atomic mass is 10.0. The Balaban J connectivity index is 0.00000420. The highest BCUT2D eigenvalue weighted by molar-refractivity contribution is 7.90. The van der Waals surface area contributed by atoms with E-state index >= 15 is 0 Å². The van der Waals surface area contributed by atoms with E-state index in [-0.39, 0.29) is 37.3 Å². The minimum atomic E-state index is -4.25. The summed E-state index contributed by atoms with van der Waals surface area (Å²) in [5.74, 6) is -0.720. The van der Waals surface area contributed by atoms with Gasteiger partial charge in [-0.1, -0.05) is 40.2 Å². The van der Waals surface area contributed by atoms with E-state index < -0.39 is 21.7 Å². The number of carbonyl (C=O) groups excluding carboxylic acids is 1. The summed E-state index contributed by atoms with van der Waals surface area (Å²) in [7, 11) is -4.25. The van der Waals surface area contributed by atoms with E-state index in [1.165, 1.54) is 30.3 Å². The summed E-state index contributed by atoms with van der Waals surface area (Å²) >= 11 is 0. The number of aromatic nitrogens is 2. The third kappa shape index (κ3) is 8.23. The van der Waals surface area contributed by atoms with E-state index in [9.17, 15) is 17.6 Å². The van der Waals surface area contributed by atoms with Crippen LogP contribution in [0.15, 0.2) is 53.6 Å². The number of benzene rings is 1. The van der Waals surface area contributed by atoms with Crippen LogP contribution >= 0.6 is 0 Å². The molecule has 2 aromatic heterocycles. The van der Waals surface area contributed by atoms with Gasteiger partial charge < -0.3 is 9.47 Å². The van der Waals surface area contributed by atoms with Crippen molar-refractivity contribution in [3.63, 3.8) is 0 Å². The monoisotopic (exact) mass is 561 g/mol. The van der Waals surface area contributed by atoms with Crippen molar-refractivity contribution < 1.29 is 29.9 Å². The zero-order chi connectivity index (χ0) is 28.7. The third-order valence-corrected chi connectivity index (χ3v) is 7.30. The molecule has 0 spiro atoms. The van der Waals surface area contributed by atoms with E-state index in [0.717, 1.165) is 12.8 Å². The lowest BCUT2D eigenvalue weighted by molar-refractivity contribution is 0.0966. The quantitative estimate of drug-likeness (QED) is 0.271.